The lowest BCUT2D eigenvalue weighted by atomic mass is 9.86. The molecule has 3 aromatic rings. The van der Waals surface area contributed by atoms with Gasteiger partial charge in [-0.25, -0.2) is 9.78 Å². The smallest absolute Gasteiger partial charge is 0.328 e. The Morgan fingerprint density at radius 2 is 1.96 bits per heavy atom. The standard InChI is InChI=1S/C18H21N5O2/c1-18(2,3)15(16(24)25-4)22-14-10-13(12-8-6-5-7-9-12)21-17-19-11-20-23(14)17/h5-11,15,22H,1-4H3. The summed E-state index contributed by atoms with van der Waals surface area (Å²) < 4.78 is 6.53. The summed E-state index contributed by atoms with van der Waals surface area (Å²) in [5, 5.41) is 7.46. The van der Waals surface area contributed by atoms with Crippen LogP contribution in [0.5, 0.6) is 0 Å². The molecule has 0 saturated heterocycles. The molecule has 0 aliphatic rings. The third-order valence-electron chi connectivity index (χ3n) is 3.92. The summed E-state index contributed by atoms with van der Waals surface area (Å²) in [6.07, 6.45) is 1.44. The minimum atomic E-state index is -0.545. The fraction of sp³-hybridized carbons (Fsp3) is 0.333. The molecule has 0 radical (unpaired) electrons. The lowest BCUT2D eigenvalue weighted by Crippen LogP contribution is -2.42. The molecule has 7 heteroatoms. The van der Waals surface area contributed by atoms with E-state index in [1.165, 1.54) is 13.4 Å². The predicted octanol–water partition coefficient (Wildman–Crippen LogP) is 2.79. The van der Waals surface area contributed by atoms with Crippen molar-refractivity contribution < 1.29 is 9.53 Å². The fourth-order valence-electron chi connectivity index (χ4n) is 2.57. The first-order chi connectivity index (χ1) is 11.9. The van der Waals surface area contributed by atoms with E-state index in [9.17, 15) is 4.79 Å². The second-order valence-electron chi connectivity index (χ2n) is 6.83. The summed E-state index contributed by atoms with van der Waals surface area (Å²) in [6.45, 7) is 5.91. The van der Waals surface area contributed by atoms with E-state index in [0.717, 1.165) is 11.3 Å². The van der Waals surface area contributed by atoms with Crippen LogP contribution in [-0.2, 0) is 9.53 Å². The van der Waals surface area contributed by atoms with Crippen molar-refractivity contribution in [3.8, 4) is 11.3 Å². The van der Waals surface area contributed by atoms with Crippen LogP contribution < -0.4 is 5.32 Å². The van der Waals surface area contributed by atoms with Gasteiger partial charge in [0.05, 0.1) is 12.8 Å². The quantitative estimate of drug-likeness (QED) is 0.736. The molecule has 1 unspecified atom stereocenters. The molecule has 7 nitrogen and oxygen atoms in total. The maximum atomic E-state index is 12.2. The normalized spacial score (nSPS) is 12.8. The molecule has 25 heavy (non-hydrogen) atoms. The average molecular weight is 339 g/mol. The van der Waals surface area contributed by atoms with E-state index in [1.54, 1.807) is 4.52 Å². The highest BCUT2D eigenvalue weighted by molar-refractivity contribution is 5.80. The SMILES string of the molecule is COC(=O)C(Nc1cc(-c2ccccc2)nc2ncnn12)C(C)(C)C. The van der Waals surface area contributed by atoms with E-state index in [1.807, 2.05) is 57.2 Å². The van der Waals surface area contributed by atoms with E-state index in [4.69, 9.17) is 4.74 Å². The van der Waals surface area contributed by atoms with Crippen LogP contribution >= 0.6 is 0 Å². The summed E-state index contributed by atoms with van der Waals surface area (Å²) >= 11 is 0. The van der Waals surface area contributed by atoms with Crippen LogP contribution in [0.1, 0.15) is 20.8 Å². The average Bonchev–Trinajstić information content (AvgIpc) is 3.07. The van der Waals surface area contributed by atoms with Gasteiger partial charge in [0, 0.05) is 11.6 Å². The Morgan fingerprint density at radius 3 is 2.60 bits per heavy atom. The van der Waals surface area contributed by atoms with Crippen LogP contribution in [-0.4, -0.2) is 38.7 Å². The zero-order chi connectivity index (χ0) is 18.0. The molecule has 1 N–H and O–H groups in total. The molecule has 2 aromatic heterocycles. The molecule has 2 heterocycles. The van der Waals surface area contributed by atoms with Crippen molar-refractivity contribution in [2.45, 2.75) is 26.8 Å². The van der Waals surface area contributed by atoms with E-state index >= 15 is 0 Å². The number of benzene rings is 1. The van der Waals surface area contributed by atoms with Gasteiger partial charge in [-0.2, -0.15) is 14.6 Å². The maximum Gasteiger partial charge on any atom is 0.328 e. The van der Waals surface area contributed by atoms with E-state index in [0.29, 0.717) is 11.6 Å². The first-order valence-electron chi connectivity index (χ1n) is 8.00. The number of nitrogens with one attached hydrogen (secondary N) is 1. The van der Waals surface area contributed by atoms with Crippen LogP contribution in [0.2, 0.25) is 0 Å². The number of carbonyl (C=O) groups excluding carboxylic acids is 1. The van der Waals surface area contributed by atoms with Crippen molar-refractivity contribution in [3.05, 3.63) is 42.7 Å². The molecular weight excluding hydrogens is 318 g/mol. The van der Waals surface area contributed by atoms with Gasteiger partial charge in [-0.05, 0) is 5.41 Å². The molecule has 0 amide bonds. The summed E-state index contributed by atoms with van der Waals surface area (Å²) in [7, 11) is 1.38. The van der Waals surface area contributed by atoms with Crippen molar-refractivity contribution >= 4 is 17.6 Å². The first-order valence-corrected chi connectivity index (χ1v) is 8.00. The second-order valence-corrected chi connectivity index (χ2v) is 6.83. The zero-order valence-electron chi connectivity index (χ0n) is 14.7. The number of aromatic nitrogens is 4. The molecule has 0 spiro atoms. The molecule has 0 aliphatic carbocycles. The Labute approximate surface area is 146 Å². The predicted molar refractivity (Wildman–Crippen MR) is 95.1 cm³/mol. The number of rotatable bonds is 4. The number of nitrogens with zero attached hydrogens (tertiary/aromatic N) is 4. The number of ether oxygens (including phenoxy) is 1. The highest BCUT2D eigenvalue weighted by Gasteiger charge is 2.33. The summed E-state index contributed by atoms with van der Waals surface area (Å²) in [5.41, 5.74) is 1.36. The Bertz CT molecular complexity index is 883. The van der Waals surface area contributed by atoms with Crippen molar-refractivity contribution in [2.24, 2.45) is 5.41 Å². The van der Waals surface area contributed by atoms with Crippen LogP contribution in [0.15, 0.2) is 42.7 Å². The summed E-state index contributed by atoms with van der Waals surface area (Å²) in [6, 6.07) is 11.1. The van der Waals surface area contributed by atoms with Gasteiger partial charge >= 0.3 is 5.97 Å². The lowest BCUT2D eigenvalue weighted by Gasteiger charge is -2.29. The number of methoxy groups -OCH3 is 1. The maximum absolute atomic E-state index is 12.2. The largest absolute Gasteiger partial charge is 0.467 e. The molecule has 0 saturated carbocycles. The highest BCUT2D eigenvalue weighted by atomic mass is 16.5. The van der Waals surface area contributed by atoms with Crippen LogP contribution in [0.4, 0.5) is 5.82 Å². The molecule has 1 aromatic carbocycles. The second kappa shape index (κ2) is 6.51. The van der Waals surface area contributed by atoms with Gasteiger partial charge in [-0.3, -0.25) is 0 Å². The van der Waals surface area contributed by atoms with Crippen molar-refractivity contribution in [2.75, 3.05) is 12.4 Å². The Hall–Kier alpha value is -2.96. The Morgan fingerprint density at radius 1 is 1.24 bits per heavy atom. The molecule has 3 rings (SSSR count). The van der Waals surface area contributed by atoms with Crippen molar-refractivity contribution in [3.63, 3.8) is 0 Å². The number of esters is 1. The number of carbonyl (C=O) groups is 1. The molecule has 0 fully saturated rings. The van der Waals surface area contributed by atoms with Gasteiger partial charge in [0.15, 0.2) is 0 Å². The van der Waals surface area contributed by atoms with Crippen LogP contribution in [0, 0.1) is 5.41 Å². The van der Waals surface area contributed by atoms with Crippen molar-refractivity contribution in [1.29, 1.82) is 0 Å². The minimum Gasteiger partial charge on any atom is -0.467 e. The van der Waals surface area contributed by atoms with Crippen molar-refractivity contribution in [1.82, 2.24) is 19.6 Å². The third-order valence-corrected chi connectivity index (χ3v) is 3.92. The zero-order valence-corrected chi connectivity index (χ0v) is 14.7. The van der Waals surface area contributed by atoms with E-state index < -0.39 is 6.04 Å². The van der Waals surface area contributed by atoms with Crippen LogP contribution in [0.3, 0.4) is 0 Å². The third kappa shape index (κ3) is 3.45. The number of hydrogen-bond acceptors (Lipinski definition) is 6. The molecule has 0 bridgehead atoms. The molecular formula is C18H21N5O2. The van der Waals surface area contributed by atoms with Gasteiger partial charge < -0.3 is 10.1 Å². The van der Waals surface area contributed by atoms with Gasteiger partial charge in [0.1, 0.15) is 18.2 Å². The molecule has 130 valence electrons. The van der Waals surface area contributed by atoms with Gasteiger partial charge in [-0.1, -0.05) is 51.1 Å². The minimum absolute atomic E-state index is 0.334. The van der Waals surface area contributed by atoms with E-state index in [2.05, 4.69) is 20.4 Å². The summed E-state index contributed by atoms with van der Waals surface area (Å²) in [4.78, 5) is 21.0. The lowest BCUT2D eigenvalue weighted by molar-refractivity contribution is -0.143. The first kappa shape index (κ1) is 16.9. The number of fused-ring (bicyclic) bond motifs is 1. The fourth-order valence-corrected chi connectivity index (χ4v) is 2.57. The van der Waals surface area contributed by atoms with Gasteiger partial charge in [0.25, 0.3) is 5.78 Å². The van der Waals surface area contributed by atoms with Gasteiger partial charge in [0.2, 0.25) is 0 Å². The Balaban J connectivity index is 2.08. The highest BCUT2D eigenvalue weighted by Crippen LogP contribution is 2.26. The van der Waals surface area contributed by atoms with Crippen LogP contribution in [0.25, 0.3) is 17.0 Å². The topological polar surface area (TPSA) is 81.4 Å². The number of anilines is 1. The van der Waals surface area contributed by atoms with E-state index in [-0.39, 0.29) is 11.4 Å². The molecule has 0 aliphatic heterocycles. The van der Waals surface area contributed by atoms with Gasteiger partial charge in [-0.15, -0.1) is 0 Å². The monoisotopic (exact) mass is 339 g/mol. The number of hydrogen-bond donors (Lipinski definition) is 1. The Kier molecular flexibility index (Phi) is 4.39. The summed E-state index contributed by atoms with van der Waals surface area (Å²) in [5.74, 6) is 0.756. The molecule has 1 atom stereocenters.